The lowest BCUT2D eigenvalue weighted by Crippen LogP contribution is -2.46. The average Bonchev–Trinajstić information content (AvgIpc) is 3.06. The average molecular weight is 352 g/mol. The fourth-order valence-electron chi connectivity index (χ4n) is 4.21. The van der Waals surface area contributed by atoms with E-state index >= 15 is 0 Å². The summed E-state index contributed by atoms with van der Waals surface area (Å²) in [6, 6.07) is 0. The quantitative estimate of drug-likeness (QED) is 0.413. The molecule has 0 aromatic rings. The second-order valence-corrected chi connectivity index (χ2v) is 8.19. The van der Waals surface area contributed by atoms with Crippen molar-refractivity contribution in [1.82, 2.24) is 20.0 Å². The van der Waals surface area contributed by atoms with E-state index in [4.69, 9.17) is 0 Å². The molecule has 0 aromatic heterocycles. The zero-order valence-corrected chi connectivity index (χ0v) is 17.1. The first kappa shape index (κ1) is 20.5. The van der Waals surface area contributed by atoms with Crippen LogP contribution < -0.4 is 5.32 Å². The number of nitrogens with zero attached hydrogens (tertiary/aromatic N) is 4. The summed E-state index contributed by atoms with van der Waals surface area (Å²) in [5, 5.41) is 3.59. The summed E-state index contributed by atoms with van der Waals surface area (Å²) in [4.78, 5) is 12.1. The number of hydrogen-bond acceptors (Lipinski definition) is 3. The Bertz CT molecular complexity index is 388. The third kappa shape index (κ3) is 7.14. The first-order valence-corrected chi connectivity index (χ1v) is 10.5. The molecule has 1 unspecified atom stereocenters. The Hall–Kier alpha value is -0.810. The Labute approximate surface area is 155 Å². The first-order chi connectivity index (χ1) is 12.1. The predicted molar refractivity (Wildman–Crippen MR) is 108 cm³/mol. The van der Waals surface area contributed by atoms with E-state index in [9.17, 15) is 0 Å². The van der Waals surface area contributed by atoms with Crippen LogP contribution in [0.25, 0.3) is 0 Å². The van der Waals surface area contributed by atoms with Crippen LogP contribution in [0.3, 0.4) is 0 Å². The number of piperazine rings is 1. The fourth-order valence-corrected chi connectivity index (χ4v) is 4.21. The van der Waals surface area contributed by atoms with Gasteiger partial charge in [-0.3, -0.25) is 4.99 Å². The van der Waals surface area contributed by atoms with E-state index in [0.29, 0.717) is 0 Å². The summed E-state index contributed by atoms with van der Waals surface area (Å²) in [5.74, 6) is 2.77. The molecule has 0 aliphatic carbocycles. The topological polar surface area (TPSA) is 34.1 Å². The lowest BCUT2D eigenvalue weighted by molar-refractivity contribution is 0.136. The summed E-state index contributed by atoms with van der Waals surface area (Å²) in [6.45, 7) is 17.7. The van der Waals surface area contributed by atoms with Crippen molar-refractivity contribution in [2.75, 3.05) is 66.0 Å². The lowest BCUT2D eigenvalue weighted by atomic mass is 9.97. The number of unbranched alkanes of at least 4 members (excludes halogenated alkanes) is 1. The monoisotopic (exact) mass is 351 g/mol. The van der Waals surface area contributed by atoms with E-state index in [1.807, 2.05) is 7.05 Å². The summed E-state index contributed by atoms with van der Waals surface area (Å²) >= 11 is 0. The number of aliphatic imine (C=N–C) groups is 1. The second kappa shape index (κ2) is 11.0. The maximum Gasteiger partial charge on any atom is 0.193 e. The molecule has 5 heteroatoms. The van der Waals surface area contributed by atoms with E-state index in [2.05, 4.69) is 45.8 Å². The molecule has 1 N–H and O–H groups in total. The van der Waals surface area contributed by atoms with Crippen molar-refractivity contribution >= 4 is 5.96 Å². The predicted octanol–water partition coefficient (Wildman–Crippen LogP) is 2.35. The fraction of sp³-hybridized carbons (Fsp3) is 0.950. The van der Waals surface area contributed by atoms with Crippen LogP contribution >= 0.6 is 0 Å². The third-order valence-electron chi connectivity index (χ3n) is 5.70. The van der Waals surface area contributed by atoms with E-state index < -0.39 is 0 Å². The highest BCUT2D eigenvalue weighted by Crippen LogP contribution is 2.23. The largest absolute Gasteiger partial charge is 0.356 e. The van der Waals surface area contributed by atoms with Gasteiger partial charge in [0.1, 0.15) is 0 Å². The molecular weight excluding hydrogens is 310 g/mol. The van der Waals surface area contributed by atoms with Crippen molar-refractivity contribution in [2.45, 2.75) is 46.5 Å². The van der Waals surface area contributed by atoms with Gasteiger partial charge in [-0.1, -0.05) is 20.8 Å². The minimum atomic E-state index is 0.805. The summed E-state index contributed by atoms with van der Waals surface area (Å²) < 4.78 is 0. The van der Waals surface area contributed by atoms with Crippen LogP contribution in [0.5, 0.6) is 0 Å². The SMILES string of the molecule is CCN1CCN(CCCCNC(=NC)N2CCC(CC(C)C)C2)CC1. The minimum Gasteiger partial charge on any atom is -0.356 e. The normalized spacial score (nSPS) is 23.6. The molecule has 2 saturated heterocycles. The van der Waals surface area contributed by atoms with Crippen molar-refractivity contribution < 1.29 is 0 Å². The lowest BCUT2D eigenvalue weighted by Gasteiger charge is -2.34. The number of likely N-dealkylation sites (tertiary alicyclic amines) is 1. The van der Waals surface area contributed by atoms with Crippen LogP contribution in [0.4, 0.5) is 0 Å². The van der Waals surface area contributed by atoms with Crippen LogP contribution in [0.15, 0.2) is 4.99 Å². The third-order valence-corrected chi connectivity index (χ3v) is 5.70. The Balaban J connectivity index is 1.56. The Morgan fingerprint density at radius 1 is 1.08 bits per heavy atom. The molecule has 2 fully saturated rings. The number of likely N-dealkylation sites (N-methyl/N-ethyl adjacent to an activating group) is 1. The van der Waals surface area contributed by atoms with Gasteiger partial charge in [-0.05, 0) is 50.6 Å². The van der Waals surface area contributed by atoms with Gasteiger partial charge in [0.2, 0.25) is 0 Å². The number of rotatable bonds is 8. The molecular formula is C20H41N5. The first-order valence-electron chi connectivity index (χ1n) is 10.5. The molecule has 0 aromatic carbocycles. The summed E-state index contributed by atoms with van der Waals surface area (Å²) in [7, 11) is 1.92. The molecule has 0 saturated carbocycles. The van der Waals surface area contributed by atoms with Gasteiger partial charge in [0, 0.05) is 52.9 Å². The highest BCUT2D eigenvalue weighted by atomic mass is 15.3. The van der Waals surface area contributed by atoms with Gasteiger partial charge in [0.15, 0.2) is 5.96 Å². The Kier molecular flexibility index (Phi) is 9.04. The van der Waals surface area contributed by atoms with Gasteiger partial charge in [-0.15, -0.1) is 0 Å². The van der Waals surface area contributed by atoms with Gasteiger partial charge < -0.3 is 20.0 Å². The van der Waals surface area contributed by atoms with Gasteiger partial charge in [-0.2, -0.15) is 0 Å². The number of hydrogen-bond donors (Lipinski definition) is 1. The van der Waals surface area contributed by atoms with Crippen molar-refractivity contribution in [2.24, 2.45) is 16.8 Å². The number of guanidine groups is 1. The van der Waals surface area contributed by atoms with E-state index in [1.54, 1.807) is 0 Å². The summed E-state index contributed by atoms with van der Waals surface area (Å²) in [6.07, 6.45) is 5.18. The van der Waals surface area contributed by atoms with Crippen LogP contribution in [-0.4, -0.2) is 86.6 Å². The van der Waals surface area contributed by atoms with Crippen LogP contribution in [0, 0.1) is 11.8 Å². The zero-order valence-electron chi connectivity index (χ0n) is 17.1. The highest BCUT2D eigenvalue weighted by Gasteiger charge is 2.25. The van der Waals surface area contributed by atoms with Crippen molar-refractivity contribution in [3.8, 4) is 0 Å². The second-order valence-electron chi connectivity index (χ2n) is 8.19. The molecule has 2 aliphatic rings. The van der Waals surface area contributed by atoms with Gasteiger partial charge in [0.05, 0.1) is 0 Å². The maximum atomic E-state index is 4.50. The molecule has 0 spiro atoms. The number of nitrogens with one attached hydrogen (secondary N) is 1. The van der Waals surface area contributed by atoms with Gasteiger partial charge in [0.25, 0.3) is 0 Å². The molecule has 0 bridgehead atoms. The van der Waals surface area contributed by atoms with Crippen molar-refractivity contribution in [3.63, 3.8) is 0 Å². The van der Waals surface area contributed by atoms with E-state index in [0.717, 1.165) is 24.3 Å². The molecule has 0 radical (unpaired) electrons. The van der Waals surface area contributed by atoms with E-state index in [-0.39, 0.29) is 0 Å². The molecule has 5 nitrogen and oxygen atoms in total. The van der Waals surface area contributed by atoms with E-state index in [1.165, 1.54) is 78.0 Å². The molecule has 2 rings (SSSR count). The van der Waals surface area contributed by atoms with Crippen molar-refractivity contribution in [3.05, 3.63) is 0 Å². The summed E-state index contributed by atoms with van der Waals surface area (Å²) in [5.41, 5.74) is 0. The highest BCUT2D eigenvalue weighted by molar-refractivity contribution is 5.80. The van der Waals surface area contributed by atoms with Crippen LogP contribution in [-0.2, 0) is 0 Å². The van der Waals surface area contributed by atoms with Crippen LogP contribution in [0.1, 0.15) is 46.5 Å². The Morgan fingerprint density at radius 2 is 1.80 bits per heavy atom. The van der Waals surface area contributed by atoms with Crippen LogP contribution in [0.2, 0.25) is 0 Å². The smallest absolute Gasteiger partial charge is 0.193 e. The maximum absolute atomic E-state index is 4.50. The van der Waals surface area contributed by atoms with Gasteiger partial charge in [-0.25, -0.2) is 0 Å². The minimum absolute atomic E-state index is 0.805. The molecule has 2 aliphatic heterocycles. The van der Waals surface area contributed by atoms with Gasteiger partial charge >= 0.3 is 0 Å². The molecule has 1 atom stereocenters. The Morgan fingerprint density at radius 3 is 2.44 bits per heavy atom. The molecule has 2 heterocycles. The molecule has 0 amide bonds. The zero-order chi connectivity index (χ0) is 18.1. The standard InChI is InChI=1S/C20H41N5/c1-5-23-12-14-24(15-13-23)10-7-6-9-22-20(21-4)25-11-8-19(17-25)16-18(2)3/h18-19H,5-17H2,1-4H3,(H,21,22). The molecule has 25 heavy (non-hydrogen) atoms. The van der Waals surface area contributed by atoms with Crippen molar-refractivity contribution in [1.29, 1.82) is 0 Å². The molecule has 146 valence electrons.